The molecule has 1 aliphatic rings. The zero-order chi connectivity index (χ0) is 23.4. The van der Waals surface area contributed by atoms with Gasteiger partial charge in [-0.25, -0.2) is 10.1 Å². The molecule has 0 saturated carbocycles. The van der Waals surface area contributed by atoms with Gasteiger partial charge in [-0.3, -0.25) is 9.59 Å². The van der Waals surface area contributed by atoms with E-state index >= 15 is 0 Å². The van der Waals surface area contributed by atoms with E-state index in [0.29, 0.717) is 50.2 Å². The van der Waals surface area contributed by atoms with E-state index in [-0.39, 0.29) is 24.1 Å². The number of fused-ring (bicyclic) bond motifs is 1. The molecule has 0 radical (unpaired) electrons. The highest BCUT2D eigenvalue weighted by atomic mass is 16.5. The van der Waals surface area contributed by atoms with Crippen molar-refractivity contribution in [2.45, 2.75) is 26.3 Å². The molecular formula is C23H27N7O3. The highest BCUT2D eigenvalue weighted by Gasteiger charge is 2.22. The van der Waals surface area contributed by atoms with E-state index in [2.05, 4.69) is 33.1 Å². The molecule has 3 aromatic heterocycles. The van der Waals surface area contributed by atoms with Crippen LogP contribution >= 0.6 is 0 Å². The number of piperazine rings is 1. The van der Waals surface area contributed by atoms with Crippen LogP contribution in [-0.4, -0.2) is 69.9 Å². The lowest BCUT2D eigenvalue weighted by atomic mass is 10.2. The molecule has 1 atom stereocenters. The van der Waals surface area contributed by atoms with Gasteiger partial charge in [0.2, 0.25) is 5.91 Å². The van der Waals surface area contributed by atoms with Crippen LogP contribution in [0.15, 0.2) is 35.5 Å². The standard InChI is InChI=1S/C23H27N7O3/c1-16-14-30(19-13-26-27-23(32)22(16)19)17(2)5-10-33-15-21(31)29-8-6-28(7-9-29)20-4-3-18(11-24)12-25-20/h3-4,12-14,17H,5-10,15H2,1-2H3,(H,27,32). The third-order valence-electron chi connectivity index (χ3n) is 6.06. The number of aryl methyl sites for hydroxylation is 1. The first-order chi connectivity index (χ1) is 16.0. The van der Waals surface area contributed by atoms with Gasteiger partial charge in [0.25, 0.3) is 5.56 Å². The maximum Gasteiger partial charge on any atom is 0.273 e. The molecule has 1 aliphatic heterocycles. The molecule has 10 heteroatoms. The Morgan fingerprint density at radius 2 is 2.06 bits per heavy atom. The molecule has 0 spiro atoms. The van der Waals surface area contributed by atoms with E-state index in [0.717, 1.165) is 16.9 Å². The third kappa shape index (κ3) is 4.88. The number of amides is 1. The minimum Gasteiger partial charge on any atom is -0.372 e. The normalized spacial score (nSPS) is 14.9. The largest absolute Gasteiger partial charge is 0.372 e. The highest BCUT2D eigenvalue weighted by Crippen LogP contribution is 2.22. The van der Waals surface area contributed by atoms with Crippen LogP contribution < -0.4 is 10.5 Å². The van der Waals surface area contributed by atoms with Gasteiger partial charge in [-0.2, -0.15) is 10.4 Å². The van der Waals surface area contributed by atoms with Crippen LogP contribution in [0.5, 0.6) is 0 Å². The number of pyridine rings is 1. The Balaban J connectivity index is 1.22. The number of hydrogen-bond donors (Lipinski definition) is 1. The Morgan fingerprint density at radius 3 is 2.76 bits per heavy atom. The predicted molar refractivity (Wildman–Crippen MR) is 123 cm³/mol. The Kier molecular flexibility index (Phi) is 6.70. The third-order valence-corrected chi connectivity index (χ3v) is 6.06. The molecule has 1 fully saturated rings. The van der Waals surface area contributed by atoms with Crippen molar-refractivity contribution in [2.24, 2.45) is 0 Å². The number of carbonyl (C=O) groups excluding carboxylic acids is 1. The van der Waals surface area contributed by atoms with E-state index in [1.54, 1.807) is 18.5 Å². The Hall–Kier alpha value is -3.71. The van der Waals surface area contributed by atoms with E-state index in [1.165, 1.54) is 0 Å². The van der Waals surface area contributed by atoms with E-state index in [4.69, 9.17) is 10.00 Å². The number of aromatic nitrogens is 4. The first-order valence-electron chi connectivity index (χ1n) is 11.0. The SMILES string of the molecule is Cc1cn(C(C)CCOCC(=O)N2CCN(c3ccc(C#N)cn3)CC2)c2cn[nH]c(=O)c12. The lowest BCUT2D eigenvalue weighted by molar-refractivity contribution is -0.136. The summed E-state index contributed by atoms with van der Waals surface area (Å²) in [6.07, 6.45) is 5.90. The van der Waals surface area contributed by atoms with Crippen molar-refractivity contribution in [3.63, 3.8) is 0 Å². The lowest BCUT2D eigenvalue weighted by Crippen LogP contribution is -2.50. The van der Waals surface area contributed by atoms with Crippen LogP contribution in [-0.2, 0) is 9.53 Å². The van der Waals surface area contributed by atoms with Crippen LogP contribution in [0.25, 0.3) is 10.9 Å². The van der Waals surface area contributed by atoms with Crippen molar-refractivity contribution >= 4 is 22.6 Å². The van der Waals surface area contributed by atoms with Gasteiger partial charge in [0.15, 0.2) is 0 Å². The molecule has 1 N–H and O–H groups in total. The summed E-state index contributed by atoms with van der Waals surface area (Å²) in [7, 11) is 0. The van der Waals surface area contributed by atoms with Crippen molar-refractivity contribution in [1.82, 2.24) is 24.6 Å². The average molecular weight is 450 g/mol. The Bertz CT molecular complexity index is 1220. The van der Waals surface area contributed by atoms with Crippen molar-refractivity contribution < 1.29 is 9.53 Å². The van der Waals surface area contributed by atoms with Gasteiger partial charge in [-0.15, -0.1) is 0 Å². The number of rotatable bonds is 7. The van der Waals surface area contributed by atoms with Crippen LogP contribution in [0.3, 0.4) is 0 Å². The van der Waals surface area contributed by atoms with Crippen molar-refractivity contribution in [3.8, 4) is 6.07 Å². The number of anilines is 1. The van der Waals surface area contributed by atoms with Crippen LogP contribution in [0.2, 0.25) is 0 Å². The summed E-state index contributed by atoms with van der Waals surface area (Å²) in [5.41, 5.74) is 2.05. The molecular weight excluding hydrogens is 422 g/mol. The molecule has 1 saturated heterocycles. The lowest BCUT2D eigenvalue weighted by Gasteiger charge is -2.35. The van der Waals surface area contributed by atoms with Gasteiger partial charge >= 0.3 is 0 Å². The Labute approximate surface area is 191 Å². The molecule has 33 heavy (non-hydrogen) atoms. The van der Waals surface area contributed by atoms with Gasteiger partial charge in [0.1, 0.15) is 18.5 Å². The van der Waals surface area contributed by atoms with Crippen LogP contribution in [0.4, 0.5) is 5.82 Å². The molecule has 0 aromatic carbocycles. The van der Waals surface area contributed by atoms with Crippen molar-refractivity contribution in [2.75, 3.05) is 44.3 Å². The summed E-state index contributed by atoms with van der Waals surface area (Å²) in [5, 5.41) is 15.9. The summed E-state index contributed by atoms with van der Waals surface area (Å²) in [6.45, 7) is 7.05. The van der Waals surface area contributed by atoms with Crippen molar-refractivity contribution in [3.05, 3.63) is 52.2 Å². The number of hydrogen-bond acceptors (Lipinski definition) is 7. The zero-order valence-electron chi connectivity index (χ0n) is 18.8. The fourth-order valence-corrected chi connectivity index (χ4v) is 4.14. The first-order valence-corrected chi connectivity index (χ1v) is 11.0. The predicted octanol–water partition coefficient (Wildman–Crippen LogP) is 1.62. The minimum atomic E-state index is -0.187. The number of nitrogens with zero attached hydrogens (tertiary/aromatic N) is 6. The number of nitrogens with one attached hydrogen (secondary N) is 1. The monoisotopic (exact) mass is 449 g/mol. The number of carbonyl (C=O) groups is 1. The van der Waals surface area contributed by atoms with Gasteiger partial charge in [0, 0.05) is 51.2 Å². The quantitative estimate of drug-likeness (QED) is 0.544. The van der Waals surface area contributed by atoms with Crippen LogP contribution in [0, 0.1) is 18.3 Å². The van der Waals surface area contributed by atoms with Crippen LogP contribution in [0.1, 0.15) is 30.5 Å². The number of H-pyrrole nitrogens is 1. The van der Waals surface area contributed by atoms with Gasteiger partial charge in [-0.05, 0) is 38.0 Å². The average Bonchev–Trinajstić information content (AvgIpc) is 3.19. The smallest absolute Gasteiger partial charge is 0.273 e. The summed E-state index contributed by atoms with van der Waals surface area (Å²) >= 11 is 0. The highest BCUT2D eigenvalue weighted by molar-refractivity contribution is 5.82. The summed E-state index contributed by atoms with van der Waals surface area (Å²) in [5.74, 6) is 0.796. The first kappa shape index (κ1) is 22.5. The molecule has 172 valence electrons. The molecule has 3 aromatic rings. The molecule has 4 rings (SSSR count). The number of nitriles is 1. The minimum absolute atomic E-state index is 0.0203. The number of aromatic amines is 1. The Morgan fingerprint density at radius 1 is 1.27 bits per heavy atom. The maximum atomic E-state index is 12.5. The maximum absolute atomic E-state index is 12.5. The molecule has 0 bridgehead atoms. The molecule has 1 unspecified atom stereocenters. The second kappa shape index (κ2) is 9.83. The molecule has 10 nitrogen and oxygen atoms in total. The van der Waals surface area contributed by atoms with E-state index < -0.39 is 0 Å². The second-order valence-electron chi connectivity index (χ2n) is 8.25. The van der Waals surface area contributed by atoms with Gasteiger partial charge < -0.3 is 19.1 Å². The fourth-order valence-electron chi connectivity index (χ4n) is 4.14. The molecule has 1 amide bonds. The summed E-state index contributed by atoms with van der Waals surface area (Å²) in [6, 6.07) is 5.75. The topological polar surface area (TPSA) is 120 Å². The van der Waals surface area contributed by atoms with E-state index in [9.17, 15) is 9.59 Å². The fraction of sp³-hybridized carbons (Fsp3) is 0.435. The zero-order valence-corrected chi connectivity index (χ0v) is 18.8. The van der Waals surface area contributed by atoms with E-state index in [1.807, 2.05) is 28.7 Å². The number of ether oxygens (including phenoxy) is 1. The summed E-state index contributed by atoms with van der Waals surface area (Å²) in [4.78, 5) is 32.8. The van der Waals surface area contributed by atoms with Gasteiger partial charge in [-0.1, -0.05) is 0 Å². The second-order valence-corrected chi connectivity index (χ2v) is 8.25. The van der Waals surface area contributed by atoms with Crippen molar-refractivity contribution in [1.29, 1.82) is 5.26 Å². The van der Waals surface area contributed by atoms with Gasteiger partial charge in [0.05, 0.1) is 22.7 Å². The summed E-state index contributed by atoms with van der Waals surface area (Å²) < 4.78 is 7.71. The molecule has 0 aliphatic carbocycles. The molecule has 4 heterocycles.